The number of imidazole rings is 1. The third-order valence-electron chi connectivity index (χ3n) is 6.24. The van der Waals surface area contributed by atoms with Crippen molar-refractivity contribution in [1.82, 2.24) is 14.9 Å². The maximum Gasteiger partial charge on any atom is 0.227 e. The number of methoxy groups -OCH3 is 2. The van der Waals surface area contributed by atoms with Crippen LogP contribution in [0.5, 0.6) is 11.5 Å². The van der Waals surface area contributed by atoms with Crippen molar-refractivity contribution in [2.45, 2.75) is 26.3 Å². The smallest absolute Gasteiger partial charge is 0.227 e. The van der Waals surface area contributed by atoms with Crippen molar-refractivity contribution in [3.05, 3.63) is 48.3 Å². The molecule has 1 aromatic heterocycles. The number of ether oxygens (including phenoxy) is 2. The fourth-order valence-electron chi connectivity index (χ4n) is 4.37. The van der Waals surface area contributed by atoms with Crippen LogP contribution in [0.2, 0.25) is 0 Å². The van der Waals surface area contributed by atoms with Gasteiger partial charge < -0.3 is 24.3 Å². The number of fused-ring (bicyclic) bond motifs is 1. The summed E-state index contributed by atoms with van der Waals surface area (Å²) in [5.74, 6) is 1.38. The van der Waals surface area contributed by atoms with E-state index in [4.69, 9.17) is 14.5 Å². The molecule has 1 aliphatic rings. The first-order valence-electron chi connectivity index (χ1n) is 11.1. The van der Waals surface area contributed by atoms with Crippen LogP contribution < -0.4 is 19.7 Å². The molecule has 1 N–H and O–H groups in total. The molecule has 1 fully saturated rings. The molecule has 2 unspecified atom stereocenters. The molecule has 2 heterocycles. The predicted molar refractivity (Wildman–Crippen MR) is 126 cm³/mol. The molecule has 33 heavy (non-hydrogen) atoms. The molecule has 1 aliphatic heterocycles. The fraction of sp³-hybridized carbons (Fsp3) is 0.400. The number of hydrogen-bond acceptors (Lipinski definition) is 5. The Bertz CT molecular complexity index is 1190. The zero-order chi connectivity index (χ0) is 23.7. The first-order valence-corrected chi connectivity index (χ1v) is 11.1. The van der Waals surface area contributed by atoms with Gasteiger partial charge in [-0.15, -0.1) is 0 Å². The highest BCUT2D eigenvalue weighted by molar-refractivity contribution is 6.01. The number of carbonyl (C=O) groups excluding carboxylic acids is 2. The van der Waals surface area contributed by atoms with Crippen LogP contribution in [-0.2, 0) is 16.6 Å². The van der Waals surface area contributed by atoms with E-state index in [9.17, 15) is 9.59 Å². The Morgan fingerprint density at radius 1 is 1.15 bits per heavy atom. The van der Waals surface area contributed by atoms with Crippen molar-refractivity contribution in [3.8, 4) is 11.5 Å². The minimum absolute atomic E-state index is 0.109. The maximum absolute atomic E-state index is 13.3. The van der Waals surface area contributed by atoms with Crippen molar-refractivity contribution in [3.63, 3.8) is 0 Å². The number of nitrogens with one attached hydrogen (secondary N) is 1. The monoisotopic (exact) mass is 450 g/mol. The van der Waals surface area contributed by atoms with Crippen molar-refractivity contribution in [2.24, 2.45) is 18.9 Å². The molecule has 2 aromatic carbocycles. The summed E-state index contributed by atoms with van der Waals surface area (Å²) in [7, 11) is 5.08. The molecule has 174 valence electrons. The molecular weight excluding hydrogens is 420 g/mol. The van der Waals surface area contributed by atoms with Gasteiger partial charge in [0.25, 0.3) is 0 Å². The lowest BCUT2D eigenvalue weighted by Crippen LogP contribution is -2.38. The van der Waals surface area contributed by atoms with E-state index < -0.39 is 5.92 Å². The summed E-state index contributed by atoms with van der Waals surface area (Å²) >= 11 is 0. The number of para-hydroxylation sites is 2. The fourth-order valence-corrected chi connectivity index (χ4v) is 4.37. The zero-order valence-electron chi connectivity index (χ0n) is 19.7. The van der Waals surface area contributed by atoms with Gasteiger partial charge in [-0.2, -0.15) is 0 Å². The third kappa shape index (κ3) is 4.25. The molecule has 2 amide bonds. The van der Waals surface area contributed by atoms with Gasteiger partial charge in [0.15, 0.2) is 0 Å². The summed E-state index contributed by atoms with van der Waals surface area (Å²) in [6.07, 6.45) is 0.147. The van der Waals surface area contributed by atoms with Gasteiger partial charge >= 0.3 is 0 Å². The van der Waals surface area contributed by atoms with E-state index >= 15 is 0 Å². The van der Waals surface area contributed by atoms with Gasteiger partial charge in [0.05, 0.1) is 42.9 Å². The number of amides is 2. The lowest BCUT2D eigenvalue weighted by molar-refractivity contribution is -0.127. The molecule has 1 saturated heterocycles. The van der Waals surface area contributed by atoms with Gasteiger partial charge in [0.1, 0.15) is 17.3 Å². The van der Waals surface area contributed by atoms with Crippen LogP contribution in [0.3, 0.4) is 0 Å². The van der Waals surface area contributed by atoms with Crippen LogP contribution in [-0.4, -0.2) is 42.1 Å². The molecule has 0 saturated carbocycles. The number of carbonyl (C=O) groups is 2. The van der Waals surface area contributed by atoms with Crippen molar-refractivity contribution >= 4 is 28.5 Å². The lowest BCUT2D eigenvalue weighted by Gasteiger charge is -2.24. The van der Waals surface area contributed by atoms with Crippen LogP contribution >= 0.6 is 0 Å². The standard InChI is InChI=1S/C25H30N4O4/c1-15(2)23(24-26-18-8-6-7-9-19(18)28(24)3)27-25(31)16-12-22(30)29(14-16)20-11-10-17(32-4)13-21(20)33-5/h6-11,13,15-16,23H,12,14H2,1-5H3,(H,27,31). The SMILES string of the molecule is COc1ccc(N2CC(C(=O)NC(c3nc4ccccc4n3C)C(C)C)CC2=O)c(OC)c1. The van der Waals surface area contributed by atoms with E-state index in [0.29, 0.717) is 23.7 Å². The molecule has 0 spiro atoms. The summed E-state index contributed by atoms with van der Waals surface area (Å²) in [6.45, 7) is 4.40. The number of benzene rings is 2. The van der Waals surface area contributed by atoms with E-state index in [1.54, 1.807) is 37.3 Å². The average molecular weight is 451 g/mol. The largest absolute Gasteiger partial charge is 0.497 e. The Morgan fingerprint density at radius 2 is 1.91 bits per heavy atom. The van der Waals surface area contributed by atoms with Crippen LogP contribution in [0.25, 0.3) is 11.0 Å². The summed E-state index contributed by atoms with van der Waals surface area (Å²) in [6, 6.07) is 12.9. The summed E-state index contributed by atoms with van der Waals surface area (Å²) in [5, 5.41) is 3.16. The molecule has 3 aromatic rings. The highest BCUT2D eigenvalue weighted by Crippen LogP contribution is 2.36. The van der Waals surface area contributed by atoms with E-state index in [2.05, 4.69) is 19.2 Å². The first-order chi connectivity index (χ1) is 15.8. The lowest BCUT2D eigenvalue weighted by atomic mass is 10.0. The second-order valence-electron chi connectivity index (χ2n) is 8.69. The Balaban J connectivity index is 1.54. The molecule has 4 rings (SSSR count). The highest BCUT2D eigenvalue weighted by atomic mass is 16.5. The number of nitrogens with zero attached hydrogens (tertiary/aromatic N) is 3. The minimum atomic E-state index is -0.458. The second-order valence-corrected chi connectivity index (χ2v) is 8.69. The van der Waals surface area contributed by atoms with Crippen molar-refractivity contribution in [2.75, 3.05) is 25.7 Å². The van der Waals surface area contributed by atoms with E-state index in [1.165, 1.54) is 0 Å². The van der Waals surface area contributed by atoms with E-state index in [0.717, 1.165) is 16.9 Å². The number of anilines is 1. The van der Waals surface area contributed by atoms with Crippen LogP contribution in [0.15, 0.2) is 42.5 Å². The molecule has 0 radical (unpaired) electrons. The summed E-state index contributed by atoms with van der Waals surface area (Å²) in [4.78, 5) is 32.5. The quantitative estimate of drug-likeness (QED) is 0.596. The minimum Gasteiger partial charge on any atom is -0.497 e. The van der Waals surface area contributed by atoms with Crippen molar-refractivity contribution < 1.29 is 19.1 Å². The zero-order valence-corrected chi connectivity index (χ0v) is 19.7. The number of aromatic nitrogens is 2. The summed E-state index contributed by atoms with van der Waals surface area (Å²) in [5.41, 5.74) is 2.54. The van der Waals surface area contributed by atoms with Gasteiger partial charge in [-0.3, -0.25) is 9.59 Å². The molecule has 0 bridgehead atoms. The molecule has 8 heteroatoms. The van der Waals surface area contributed by atoms with Gasteiger partial charge in [-0.1, -0.05) is 26.0 Å². The van der Waals surface area contributed by atoms with Gasteiger partial charge in [-0.25, -0.2) is 4.98 Å². The maximum atomic E-state index is 13.3. The Kier molecular flexibility index (Phi) is 6.26. The van der Waals surface area contributed by atoms with Crippen molar-refractivity contribution in [1.29, 1.82) is 0 Å². The average Bonchev–Trinajstić information content (AvgIpc) is 3.36. The Morgan fingerprint density at radius 3 is 2.58 bits per heavy atom. The van der Waals surface area contributed by atoms with Crippen LogP contribution in [0.1, 0.15) is 32.1 Å². The van der Waals surface area contributed by atoms with E-state index in [1.807, 2.05) is 35.9 Å². The Hall–Kier alpha value is -3.55. The number of aryl methyl sites for hydroxylation is 1. The highest BCUT2D eigenvalue weighted by Gasteiger charge is 2.38. The molecule has 0 aliphatic carbocycles. The van der Waals surface area contributed by atoms with Gasteiger partial charge in [0.2, 0.25) is 11.8 Å². The second kappa shape index (κ2) is 9.13. The van der Waals surface area contributed by atoms with Gasteiger partial charge in [-0.05, 0) is 30.2 Å². The van der Waals surface area contributed by atoms with Gasteiger partial charge in [0, 0.05) is 26.1 Å². The number of hydrogen-bond donors (Lipinski definition) is 1. The molecule has 8 nitrogen and oxygen atoms in total. The summed E-state index contributed by atoms with van der Waals surface area (Å²) < 4.78 is 12.7. The number of rotatable bonds is 7. The molecule has 2 atom stereocenters. The van der Waals surface area contributed by atoms with Crippen LogP contribution in [0.4, 0.5) is 5.69 Å². The molecular formula is C25H30N4O4. The Labute approximate surface area is 193 Å². The van der Waals surface area contributed by atoms with Crippen LogP contribution in [0, 0.1) is 11.8 Å². The topological polar surface area (TPSA) is 85.7 Å². The predicted octanol–water partition coefficient (Wildman–Crippen LogP) is 3.46. The first kappa shape index (κ1) is 22.6. The van der Waals surface area contributed by atoms with E-state index in [-0.39, 0.29) is 30.2 Å². The third-order valence-corrected chi connectivity index (χ3v) is 6.24. The normalized spacial score (nSPS) is 17.0.